The molecule has 10 heteroatoms. The molecule has 3 aromatic rings. The standard InChI is InChI=1S/C20H22FN5O3S/c1-13(2)29-11-5-10-26-19(28)17-18(23-9-8-22-17)25-20(26)30-12-16(27)24-15-7-4-3-6-14(15)21/h3-4,6-9,13H,5,10-12H2,1-2H3,(H,24,27). The van der Waals surface area contributed by atoms with Gasteiger partial charge >= 0.3 is 0 Å². The highest BCUT2D eigenvalue weighted by Gasteiger charge is 2.15. The molecule has 0 aliphatic heterocycles. The quantitative estimate of drug-likeness (QED) is 0.316. The van der Waals surface area contributed by atoms with E-state index in [9.17, 15) is 14.0 Å². The first-order valence-electron chi connectivity index (χ1n) is 9.46. The summed E-state index contributed by atoms with van der Waals surface area (Å²) in [4.78, 5) is 37.7. The zero-order valence-corrected chi connectivity index (χ0v) is 17.5. The molecule has 8 nitrogen and oxygen atoms in total. The Morgan fingerprint density at radius 3 is 2.80 bits per heavy atom. The minimum atomic E-state index is -0.517. The van der Waals surface area contributed by atoms with Crippen molar-refractivity contribution in [1.29, 1.82) is 0 Å². The first-order chi connectivity index (χ1) is 14.5. The van der Waals surface area contributed by atoms with E-state index in [0.29, 0.717) is 24.7 Å². The predicted octanol–water partition coefficient (Wildman–Crippen LogP) is 2.87. The number of fused-ring (bicyclic) bond motifs is 1. The van der Waals surface area contributed by atoms with Crippen LogP contribution in [0.2, 0.25) is 0 Å². The molecule has 0 aliphatic rings. The van der Waals surface area contributed by atoms with Crippen LogP contribution in [0.5, 0.6) is 0 Å². The number of hydrogen-bond donors (Lipinski definition) is 1. The fraction of sp³-hybridized carbons (Fsp3) is 0.350. The van der Waals surface area contributed by atoms with Gasteiger partial charge in [-0.25, -0.2) is 19.3 Å². The third kappa shape index (κ3) is 5.61. The summed E-state index contributed by atoms with van der Waals surface area (Å²) in [6, 6.07) is 5.92. The monoisotopic (exact) mass is 431 g/mol. The number of rotatable bonds is 9. The Hall–Kier alpha value is -2.85. The van der Waals surface area contributed by atoms with Gasteiger partial charge in [-0.15, -0.1) is 0 Å². The molecular weight excluding hydrogens is 409 g/mol. The molecule has 2 heterocycles. The van der Waals surface area contributed by atoms with E-state index in [-0.39, 0.29) is 34.3 Å². The molecular formula is C20H22FN5O3S. The number of para-hydroxylation sites is 1. The van der Waals surface area contributed by atoms with Crippen LogP contribution >= 0.6 is 11.8 Å². The van der Waals surface area contributed by atoms with Crippen molar-refractivity contribution >= 4 is 34.5 Å². The van der Waals surface area contributed by atoms with Crippen molar-refractivity contribution in [1.82, 2.24) is 19.5 Å². The second kappa shape index (κ2) is 10.3. The average Bonchev–Trinajstić information content (AvgIpc) is 2.72. The third-order valence-electron chi connectivity index (χ3n) is 4.02. The zero-order valence-electron chi connectivity index (χ0n) is 16.7. The van der Waals surface area contributed by atoms with Crippen LogP contribution in [0.4, 0.5) is 10.1 Å². The molecule has 2 aromatic heterocycles. The topological polar surface area (TPSA) is 99.0 Å². The van der Waals surface area contributed by atoms with E-state index in [1.807, 2.05) is 13.8 Å². The van der Waals surface area contributed by atoms with Crippen LogP contribution in [-0.4, -0.2) is 43.9 Å². The Bertz CT molecular complexity index is 1090. The summed E-state index contributed by atoms with van der Waals surface area (Å²) >= 11 is 1.08. The van der Waals surface area contributed by atoms with E-state index in [2.05, 4.69) is 20.3 Å². The summed E-state index contributed by atoms with van der Waals surface area (Å²) in [7, 11) is 0. The number of carbonyl (C=O) groups excluding carboxylic acids is 1. The Labute approximate surface area is 176 Å². The van der Waals surface area contributed by atoms with Gasteiger partial charge in [0.25, 0.3) is 5.56 Å². The van der Waals surface area contributed by atoms with Gasteiger partial charge in [-0.2, -0.15) is 0 Å². The predicted molar refractivity (Wildman–Crippen MR) is 113 cm³/mol. The Morgan fingerprint density at radius 2 is 2.03 bits per heavy atom. The Morgan fingerprint density at radius 1 is 1.27 bits per heavy atom. The number of hydrogen-bond acceptors (Lipinski definition) is 7. The molecule has 158 valence electrons. The van der Waals surface area contributed by atoms with Crippen molar-refractivity contribution in [3.8, 4) is 0 Å². The van der Waals surface area contributed by atoms with Crippen LogP contribution in [0.1, 0.15) is 20.3 Å². The number of ether oxygens (including phenoxy) is 1. The van der Waals surface area contributed by atoms with Crippen LogP contribution in [-0.2, 0) is 16.1 Å². The van der Waals surface area contributed by atoms with E-state index in [1.165, 1.54) is 29.1 Å². The van der Waals surface area contributed by atoms with Crippen molar-refractivity contribution in [3.63, 3.8) is 0 Å². The number of anilines is 1. The smallest absolute Gasteiger partial charge is 0.282 e. The van der Waals surface area contributed by atoms with Gasteiger partial charge in [-0.1, -0.05) is 23.9 Å². The fourth-order valence-corrected chi connectivity index (χ4v) is 3.47. The summed E-state index contributed by atoms with van der Waals surface area (Å²) in [5.41, 5.74) is 0.162. The van der Waals surface area contributed by atoms with E-state index in [4.69, 9.17) is 4.74 Å². The van der Waals surface area contributed by atoms with E-state index in [0.717, 1.165) is 11.8 Å². The highest BCUT2D eigenvalue weighted by Crippen LogP contribution is 2.18. The van der Waals surface area contributed by atoms with Crippen molar-refractivity contribution in [2.75, 3.05) is 17.7 Å². The summed E-state index contributed by atoms with van der Waals surface area (Å²) in [6.45, 7) is 4.73. The molecule has 1 amide bonds. The number of benzene rings is 1. The summed E-state index contributed by atoms with van der Waals surface area (Å²) in [6.07, 6.45) is 3.58. The molecule has 0 aliphatic carbocycles. The molecule has 0 spiro atoms. The summed E-state index contributed by atoms with van der Waals surface area (Å²) in [5, 5.41) is 2.87. The van der Waals surface area contributed by atoms with Crippen LogP contribution in [0.3, 0.4) is 0 Å². The average molecular weight is 431 g/mol. The highest BCUT2D eigenvalue weighted by atomic mass is 32.2. The maximum atomic E-state index is 13.7. The number of thioether (sulfide) groups is 1. The molecule has 1 N–H and O–H groups in total. The molecule has 0 radical (unpaired) electrons. The van der Waals surface area contributed by atoms with E-state index in [1.54, 1.807) is 12.1 Å². The molecule has 0 unspecified atom stereocenters. The molecule has 0 atom stereocenters. The van der Waals surface area contributed by atoms with Gasteiger partial charge in [0.1, 0.15) is 5.82 Å². The maximum Gasteiger partial charge on any atom is 0.282 e. The van der Waals surface area contributed by atoms with Crippen molar-refractivity contribution in [2.45, 2.75) is 38.1 Å². The fourth-order valence-electron chi connectivity index (χ4n) is 2.66. The van der Waals surface area contributed by atoms with Gasteiger partial charge in [0, 0.05) is 25.5 Å². The number of carbonyl (C=O) groups is 1. The van der Waals surface area contributed by atoms with Crippen LogP contribution < -0.4 is 10.9 Å². The van der Waals surface area contributed by atoms with Gasteiger partial charge < -0.3 is 10.1 Å². The van der Waals surface area contributed by atoms with E-state index >= 15 is 0 Å². The number of nitrogens with zero attached hydrogens (tertiary/aromatic N) is 4. The number of amides is 1. The lowest BCUT2D eigenvalue weighted by atomic mass is 10.3. The van der Waals surface area contributed by atoms with Gasteiger partial charge in [-0.05, 0) is 32.4 Å². The molecule has 0 saturated carbocycles. The maximum absolute atomic E-state index is 13.7. The lowest BCUT2D eigenvalue weighted by Crippen LogP contribution is -2.26. The van der Waals surface area contributed by atoms with Gasteiger partial charge in [0.15, 0.2) is 16.3 Å². The Kier molecular flexibility index (Phi) is 7.47. The minimum absolute atomic E-state index is 0.0466. The lowest BCUT2D eigenvalue weighted by molar-refractivity contribution is -0.113. The first kappa shape index (κ1) is 21.8. The molecule has 3 rings (SSSR count). The number of nitrogens with one attached hydrogen (secondary N) is 1. The lowest BCUT2D eigenvalue weighted by Gasteiger charge is -2.13. The molecule has 30 heavy (non-hydrogen) atoms. The molecule has 1 aromatic carbocycles. The van der Waals surface area contributed by atoms with Crippen molar-refractivity contribution in [3.05, 3.63) is 52.8 Å². The SMILES string of the molecule is CC(C)OCCCn1c(SCC(=O)Nc2ccccc2F)nc2nccnc2c1=O. The second-order valence-corrected chi connectivity index (χ2v) is 7.61. The van der Waals surface area contributed by atoms with Crippen LogP contribution in [0.25, 0.3) is 11.2 Å². The molecule has 0 fully saturated rings. The van der Waals surface area contributed by atoms with E-state index < -0.39 is 11.7 Å². The minimum Gasteiger partial charge on any atom is -0.379 e. The largest absolute Gasteiger partial charge is 0.379 e. The van der Waals surface area contributed by atoms with Gasteiger partial charge in [0.05, 0.1) is 17.5 Å². The Balaban J connectivity index is 1.77. The van der Waals surface area contributed by atoms with Crippen LogP contribution in [0, 0.1) is 5.82 Å². The zero-order chi connectivity index (χ0) is 21.5. The van der Waals surface area contributed by atoms with Crippen molar-refractivity contribution in [2.24, 2.45) is 0 Å². The van der Waals surface area contributed by atoms with Crippen molar-refractivity contribution < 1.29 is 13.9 Å². The second-order valence-electron chi connectivity index (χ2n) is 6.67. The normalized spacial score (nSPS) is 11.2. The molecule has 0 bridgehead atoms. The number of halogens is 1. The van der Waals surface area contributed by atoms with Gasteiger partial charge in [0.2, 0.25) is 5.91 Å². The van der Waals surface area contributed by atoms with Gasteiger partial charge in [-0.3, -0.25) is 14.2 Å². The van der Waals surface area contributed by atoms with Crippen LogP contribution in [0.15, 0.2) is 46.6 Å². The third-order valence-corrected chi connectivity index (χ3v) is 4.99. The first-order valence-corrected chi connectivity index (χ1v) is 10.4. The number of aromatic nitrogens is 4. The molecule has 0 saturated heterocycles. The highest BCUT2D eigenvalue weighted by molar-refractivity contribution is 7.99. The summed E-state index contributed by atoms with van der Waals surface area (Å²) < 4.78 is 20.7. The summed E-state index contributed by atoms with van der Waals surface area (Å²) in [5.74, 6) is -0.972.